The van der Waals surface area contributed by atoms with Crippen LogP contribution < -0.4 is 5.32 Å². The van der Waals surface area contributed by atoms with E-state index in [9.17, 15) is 9.59 Å². The van der Waals surface area contributed by atoms with E-state index in [-0.39, 0.29) is 12.1 Å². The molecule has 0 aromatic rings. The molecule has 20 heavy (non-hydrogen) atoms. The molecule has 0 fully saturated rings. The van der Waals surface area contributed by atoms with E-state index in [2.05, 4.69) is 15.0 Å². The van der Waals surface area contributed by atoms with Crippen molar-refractivity contribution in [1.82, 2.24) is 5.32 Å². The van der Waals surface area contributed by atoms with Crippen molar-refractivity contribution >= 4 is 35.1 Å². The van der Waals surface area contributed by atoms with Crippen molar-refractivity contribution in [3.63, 3.8) is 0 Å². The summed E-state index contributed by atoms with van der Waals surface area (Å²) in [7, 11) is 0. The summed E-state index contributed by atoms with van der Waals surface area (Å²) in [6.07, 6.45) is 7.15. The molecule has 0 unspecified atom stereocenters. The molecule has 0 heterocycles. The van der Waals surface area contributed by atoms with Crippen LogP contribution in [0.2, 0.25) is 0 Å². The van der Waals surface area contributed by atoms with Gasteiger partial charge in [0.15, 0.2) is 23.0 Å². The standard InChI is InChI=1S/C14H24INO4/c1-12(2)13(17)19-11-9-7-5-3-4-6-8-10-16-14(18)20-15/h1,3-11H2,2H3,(H,16,18). The topological polar surface area (TPSA) is 64.6 Å². The van der Waals surface area contributed by atoms with Crippen molar-refractivity contribution in [3.05, 3.63) is 12.2 Å². The molecule has 0 atom stereocenters. The fraction of sp³-hybridized carbons (Fsp3) is 0.714. The highest BCUT2D eigenvalue weighted by Gasteiger charge is 2.01. The van der Waals surface area contributed by atoms with Crippen LogP contribution >= 0.6 is 23.0 Å². The monoisotopic (exact) mass is 397 g/mol. The van der Waals surface area contributed by atoms with Gasteiger partial charge in [-0.3, -0.25) is 0 Å². The molecule has 1 N–H and O–H groups in total. The Morgan fingerprint density at radius 3 is 2.15 bits per heavy atom. The first-order chi connectivity index (χ1) is 9.57. The number of carbonyl (C=O) groups excluding carboxylic acids is 2. The average Bonchev–Trinajstić information content (AvgIpc) is 2.43. The average molecular weight is 397 g/mol. The van der Waals surface area contributed by atoms with Crippen LogP contribution in [0.15, 0.2) is 12.2 Å². The van der Waals surface area contributed by atoms with E-state index in [1.165, 1.54) is 6.42 Å². The van der Waals surface area contributed by atoms with E-state index >= 15 is 0 Å². The van der Waals surface area contributed by atoms with Crippen LogP contribution in [-0.4, -0.2) is 25.2 Å². The highest BCUT2D eigenvalue weighted by atomic mass is 127. The molecular formula is C14H24INO4. The minimum Gasteiger partial charge on any atom is -0.462 e. The van der Waals surface area contributed by atoms with Crippen LogP contribution in [0.3, 0.4) is 0 Å². The van der Waals surface area contributed by atoms with Crippen molar-refractivity contribution in [1.29, 1.82) is 0 Å². The van der Waals surface area contributed by atoms with Gasteiger partial charge in [-0.1, -0.05) is 38.7 Å². The number of rotatable bonds is 11. The lowest BCUT2D eigenvalue weighted by Gasteiger charge is -2.05. The van der Waals surface area contributed by atoms with Gasteiger partial charge in [0.1, 0.15) is 0 Å². The molecule has 0 rings (SSSR count). The minimum absolute atomic E-state index is 0.303. The first kappa shape index (κ1) is 19.2. The number of halogens is 1. The lowest BCUT2D eigenvalue weighted by Crippen LogP contribution is -2.22. The molecule has 1 amide bonds. The Morgan fingerprint density at radius 2 is 1.60 bits per heavy atom. The number of nitrogens with one attached hydrogen (secondary N) is 1. The molecule has 0 spiro atoms. The lowest BCUT2D eigenvalue weighted by atomic mass is 10.1. The molecule has 116 valence electrons. The molecule has 0 aromatic carbocycles. The van der Waals surface area contributed by atoms with Crippen LogP contribution in [0, 0.1) is 0 Å². The summed E-state index contributed by atoms with van der Waals surface area (Å²) >= 11 is 1.56. The maximum absolute atomic E-state index is 11.1. The van der Waals surface area contributed by atoms with Gasteiger partial charge in [-0.05, 0) is 19.8 Å². The van der Waals surface area contributed by atoms with E-state index in [0.717, 1.165) is 38.5 Å². The lowest BCUT2D eigenvalue weighted by molar-refractivity contribution is -0.139. The van der Waals surface area contributed by atoms with E-state index in [4.69, 9.17) is 4.74 Å². The van der Waals surface area contributed by atoms with Gasteiger partial charge >= 0.3 is 12.1 Å². The number of esters is 1. The summed E-state index contributed by atoms with van der Waals surface area (Å²) in [5, 5.41) is 2.65. The fourth-order valence-electron chi connectivity index (χ4n) is 1.62. The number of ether oxygens (including phenoxy) is 1. The van der Waals surface area contributed by atoms with Crippen molar-refractivity contribution in [2.45, 2.75) is 51.9 Å². The zero-order valence-electron chi connectivity index (χ0n) is 12.1. The van der Waals surface area contributed by atoms with Crippen molar-refractivity contribution in [2.75, 3.05) is 13.2 Å². The predicted octanol–water partition coefficient (Wildman–Crippen LogP) is 3.91. The summed E-state index contributed by atoms with van der Waals surface area (Å²) in [5.41, 5.74) is 0.449. The Kier molecular flexibility index (Phi) is 12.7. The Labute approximate surface area is 135 Å². The summed E-state index contributed by atoms with van der Waals surface area (Å²) < 4.78 is 9.45. The molecule has 0 aliphatic rings. The van der Waals surface area contributed by atoms with E-state index in [1.807, 2.05) is 0 Å². The van der Waals surface area contributed by atoms with Crippen LogP contribution in [0.25, 0.3) is 0 Å². The maximum Gasteiger partial charge on any atom is 0.416 e. The molecule has 0 radical (unpaired) electrons. The van der Waals surface area contributed by atoms with Gasteiger partial charge in [0.25, 0.3) is 0 Å². The Balaban J connectivity index is 3.15. The first-order valence-corrected chi connectivity index (χ1v) is 7.85. The van der Waals surface area contributed by atoms with Crippen molar-refractivity contribution < 1.29 is 17.4 Å². The summed E-state index contributed by atoms with van der Waals surface area (Å²) in [6, 6.07) is 0. The minimum atomic E-state index is -0.380. The van der Waals surface area contributed by atoms with Crippen molar-refractivity contribution in [3.8, 4) is 0 Å². The first-order valence-electron chi connectivity index (χ1n) is 6.97. The van der Waals surface area contributed by atoms with Gasteiger partial charge in [-0.2, -0.15) is 0 Å². The highest BCUT2D eigenvalue weighted by Crippen LogP contribution is 2.07. The molecule has 0 saturated heterocycles. The largest absolute Gasteiger partial charge is 0.462 e. The van der Waals surface area contributed by atoms with Crippen LogP contribution in [0.1, 0.15) is 51.9 Å². The molecule has 0 saturated carbocycles. The number of amides is 1. The SMILES string of the molecule is C=C(C)C(=O)OCCCCCCCCCNC(=O)OI. The molecule has 6 heteroatoms. The van der Waals surface area contributed by atoms with Crippen molar-refractivity contribution in [2.24, 2.45) is 0 Å². The molecule has 0 aliphatic carbocycles. The predicted molar refractivity (Wildman–Crippen MR) is 86.6 cm³/mol. The summed E-state index contributed by atoms with van der Waals surface area (Å²) in [4.78, 5) is 21.8. The molecular weight excluding hydrogens is 373 g/mol. The summed E-state index contributed by atoms with van der Waals surface area (Å²) in [5.74, 6) is -0.303. The van der Waals surface area contributed by atoms with Gasteiger partial charge in [-0.25, -0.2) is 9.59 Å². The van der Waals surface area contributed by atoms with Gasteiger partial charge < -0.3 is 13.1 Å². The molecule has 0 aliphatic heterocycles. The second-order valence-corrected chi connectivity index (χ2v) is 5.12. The normalized spacial score (nSPS) is 9.90. The second-order valence-electron chi connectivity index (χ2n) is 4.68. The maximum atomic E-state index is 11.1. The fourth-order valence-corrected chi connectivity index (χ4v) is 1.77. The quantitative estimate of drug-likeness (QED) is 0.249. The Morgan fingerprint density at radius 1 is 1.05 bits per heavy atom. The third-order valence-corrected chi connectivity index (χ3v) is 3.14. The highest BCUT2D eigenvalue weighted by molar-refractivity contribution is 14.1. The molecule has 5 nitrogen and oxygen atoms in total. The van der Waals surface area contributed by atoms with Gasteiger partial charge in [0.2, 0.25) is 0 Å². The van der Waals surface area contributed by atoms with Gasteiger partial charge in [-0.15, -0.1) is 0 Å². The third kappa shape index (κ3) is 12.3. The van der Waals surface area contributed by atoms with E-state index in [0.29, 0.717) is 18.7 Å². The second kappa shape index (κ2) is 13.2. The zero-order valence-corrected chi connectivity index (χ0v) is 14.2. The summed E-state index contributed by atoms with van der Waals surface area (Å²) in [6.45, 7) is 6.32. The zero-order chi connectivity index (χ0) is 15.2. The number of hydrogen-bond donors (Lipinski definition) is 1. The van der Waals surface area contributed by atoms with Crippen LogP contribution in [-0.2, 0) is 12.6 Å². The number of carbonyl (C=O) groups is 2. The van der Waals surface area contributed by atoms with Crippen LogP contribution in [0.4, 0.5) is 4.79 Å². The van der Waals surface area contributed by atoms with E-state index < -0.39 is 0 Å². The number of unbranched alkanes of at least 4 members (excludes halogenated alkanes) is 6. The van der Waals surface area contributed by atoms with Gasteiger partial charge in [0, 0.05) is 12.1 Å². The smallest absolute Gasteiger partial charge is 0.416 e. The number of hydrogen-bond acceptors (Lipinski definition) is 4. The molecule has 0 bridgehead atoms. The van der Waals surface area contributed by atoms with Gasteiger partial charge in [0.05, 0.1) is 6.61 Å². The Hall–Kier alpha value is -0.790. The Bertz CT molecular complexity index is 308. The molecule has 0 aromatic heterocycles. The van der Waals surface area contributed by atoms with E-state index in [1.54, 1.807) is 29.9 Å². The third-order valence-electron chi connectivity index (χ3n) is 2.74. The van der Waals surface area contributed by atoms with Crippen LogP contribution in [0.5, 0.6) is 0 Å².